The predicted molar refractivity (Wildman–Crippen MR) is 182 cm³/mol. The average molecular weight is 684 g/mol. The van der Waals surface area contributed by atoms with Gasteiger partial charge in [0, 0.05) is 44.4 Å². The molecular formula is C37H35Cl2F3N2O3. The number of benzene rings is 4. The van der Waals surface area contributed by atoms with E-state index in [0.29, 0.717) is 43.1 Å². The Hall–Kier alpha value is -4.24. The zero-order valence-corrected chi connectivity index (χ0v) is 27.3. The molecule has 0 atom stereocenters. The summed E-state index contributed by atoms with van der Waals surface area (Å²) in [5.41, 5.74) is 2.43. The molecule has 0 unspecified atom stereocenters. The first kappa shape index (κ1) is 35.6. The molecule has 1 heterocycles. The zero-order chi connectivity index (χ0) is 32.5. The van der Waals surface area contributed by atoms with Gasteiger partial charge in [-0.1, -0.05) is 90.5 Å². The second-order valence-electron chi connectivity index (χ2n) is 10.9. The monoisotopic (exact) mass is 682 g/mol. The smallest absolute Gasteiger partial charge is 0.417 e. The van der Waals surface area contributed by atoms with Crippen LogP contribution >= 0.6 is 24.0 Å². The molecule has 4 aromatic carbocycles. The molecule has 0 bridgehead atoms. The number of carbonyl (C=O) groups is 1. The van der Waals surface area contributed by atoms with Gasteiger partial charge in [0.1, 0.15) is 5.75 Å². The summed E-state index contributed by atoms with van der Waals surface area (Å²) in [4.78, 5) is 16.3. The molecule has 0 radical (unpaired) electrons. The summed E-state index contributed by atoms with van der Waals surface area (Å²) in [6.07, 6.45) is -2.50. The first-order valence-corrected chi connectivity index (χ1v) is 15.3. The largest absolute Gasteiger partial charge is 0.493 e. The molecule has 0 saturated carbocycles. The van der Waals surface area contributed by atoms with Crippen molar-refractivity contribution in [1.82, 2.24) is 4.90 Å². The highest BCUT2D eigenvalue weighted by atomic mass is 35.5. The fraction of sp³-hybridized carbons (Fsp3) is 0.216. The highest BCUT2D eigenvalue weighted by Crippen LogP contribution is 2.37. The Morgan fingerprint density at radius 1 is 0.872 bits per heavy atom. The number of amides is 1. The molecule has 0 aliphatic rings. The number of hydrogen-bond acceptors (Lipinski definition) is 4. The van der Waals surface area contributed by atoms with Crippen molar-refractivity contribution in [1.29, 1.82) is 0 Å². The van der Waals surface area contributed by atoms with Crippen molar-refractivity contribution in [3.8, 4) is 5.75 Å². The SMILES string of the molecule is CN(C(=O)c1ccco1)c1cccc(OCCCN(Cc2cccc(C(F)(F)F)c2Cl)CC(c2ccccc2)c2ccccc2)c1.Cl. The van der Waals surface area contributed by atoms with E-state index in [0.717, 1.165) is 17.2 Å². The van der Waals surface area contributed by atoms with Crippen LogP contribution in [0.4, 0.5) is 18.9 Å². The number of alkyl halides is 3. The molecule has 10 heteroatoms. The van der Waals surface area contributed by atoms with E-state index in [4.69, 9.17) is 20.8 Å². The summed E-state index contributed by atoms with van der Waals surface area (Å²) >= 11 is 6.34. The lowest BCUT2D eigenvalue weighted by Gasteiger charge is -2.29. The lowest BCUT2D eigenvalue weighted by Crippen LogP contribution is -2.31. The Morgan fingerprint density at radius 2 is 1.53 bits per heavy atom. The van der Waals surface area contributed by atoms with Crippen molar-refractivity contribution in [3.05, 3.63) is 155 Å². The number of nitrogens with zero attached hydrogens (tertiary/aromatic N) is 2. The minimum absolute atomic E-state index is 0. The highest BCUT2D eigenvalue weighted by Gasteiger charge is 2.34. The van der Waals surface area contributed by atoms with Crippen molar-refractivity contribution in [3.63, 3.8) is 0 Å². The van der Waals surface area contributed by atoms with Crippen molar-refractivity contribution in [2.45, 2.75) is 25.1 Å². The van der Waals surface area contributed by atoms with Gasteiger partial charge in [0.25, 0.3) is 5.91 Å². The third-order valence-corrected chi connectivity index (χ3v) is 8.20. The molecule has 47 heavy (non-hydrogen) atoms. The van der Waals surface area contributed by atoms with Gasteiger partial charge in [0.2, 0.25) is 0 Å². The average Bonchev–Trinajstić information content (AvgIpc) is 3.61. The molecule has 0 N–H and O–H groups in total. The topological polar surface area (TPSA) is 45.9 Å². The lowest BCUT2D eigenvalue weighted by atomic mass is 9.90. The number of ether oxygens (including phenoxy) is 1. The van der Waals surface area contributed by atoms with Crippen molar-refractivity contribution >= 4 is 35.6 Å². The van der Waals surface area contributed by atoms with E-state index in [1.54, 1.807) is 31.3 Å². The van der Waals surface area contributed by atoms with E-state index in [1.165, 1.54) is 17.2 Å². The summed E-state index contributed by atoms with van der Waals surface area (Å²) in [5, 5.41) is -0.280. The molecule has 0 aliphatic carbocycles. The van der Waals surface area contributed by atoms with Crippen LogP contribution in [0, 0.1) is 0 Å². The lowest BCUT2D eigenvalue weighted by molar-refractivity contribution is -0.137. The Labute approximate surface area is 283 Å². The number of hydrogen-bond donors (Lipinski definition) is 0. The van der Waals surface area contributed by atoms with Gasteiger partial charge in [0.15, 0.2) is 5.76 Å². The highest BCUT2D eigenvalue weighted by molar-refractivity contribution is 6.32. The summed E-state index contributed by atoms with van der Waals surface area (Å²) in [6.45, 7) is 1.68. The number of halogens is 5. The fourth-order valence-electron chi connectivity index (χ4n) is 5.37. The summed E-state index contributed by atoms with van der Waals surface area (Å²) < 4.78 is 52.3. The molecule has 0 aliphatic heterocycles. The van der Waals surface area contributed by atoms with Crippen molar-refractivity contribution in [2.75, 3.05) is 31.6 Å². The second-order valence-corrected chi connectivity index (χ2v) is 11.3. The van der Waals surface area contributed by atoms with E-state index in [1.807, 2.05) is 54.6 Å². The second kappa shape index (κ2) is 16.5. The van der Waals surface area contributed by atoms with Crippen LogP contribution in [0.3, 0.4) is 0 Å². The van der Waals surface area contributed by atoms with Crippen molar-refractivity contribution in [2.24, 2.45) is 0 Å². The van der Waals surface area contributed by atoms with E-state index >= 15 is 0 Å². The maximum atomic E-state index is 13.7. The van der Waals surface area contributed by atoms with E-state index in [-0.39, 0.29) is 41.6 Å². The predicted octanol–water partition coefficient (Wildman–Crippen LogP) is 9.75. The zero-order valence-electron chi connectivity index (χ0n) is 25.7. The van der Waals surface area contributed by atoms with Gasteiger partial charge in [-0.2, -0.15) is 13.2 Å². The Kier molecular flexibility index (Phi) is 12.5. The van der Waals surface area contributed by atoms with Crippen LogP contribution in [0.25, 0.3) is 0 Å². The molecule has 1 aromatic heterocycles. The normalized spacial score (nSPS) is 11.4. The van der Waals surface area contributed by atoms with Gasteiger partial charge in [-0.25, -0.2) is 0 Å². The van der Waals surface area contributed by atoms with Gasteiger partial charge in [-0.15, -0.1) is 12.4 Å². The minimum atomic E-state index is -4.55. The third-order valence-electron chi connectivity index (χ3n) is 7.75. The Bertz CT molecular complexity index is 1660. The van der Waals surface area contributed by atoms with Crippen LogP contribution in [0.2, 0.25) is 5.02 Å². The standard InChI is InChI=1S/C37H34ClF3N2O3.ClH/c1-42(36(44)34-20-10-22-46-34)30-17-9-18-31(24-30)45-23-11-21-43(25-29-16-8-19-33(35(29)38)37(39,40)41)26-32(27-12-4-2-5-13-27)28-14-6-3-7-15-28;/h2-10,12-20,22,24,32H,11,21,23,25-26H2,1H3;1H. The maximum absolute atomic E-state index is 13.7. The molecule has 0 fully saturated rings. The van der Waals surface area contributed by atoms with Gasteiger partial charge in [-0.3, -0.25) is 9.69 Å². The van der Waals surface area contributed by atoms with Crippen LogP contribution in [-0.2, 0) is 12.7 Å². The quantitative estimate of drug-likeness (QED) is 0.116. The maximum Gasteiger partial charge on any atom is 0.417 e. The van der Waals surface area contributed by atoms with E-state index < -0.39 is 11.7 Å². The van der Waals surface area contributed by atoms with Gasteiger partial charge < -0.3 is 14.1 Å². The Balaban J connectivity index is 0.00000500. The summed E-state index contributed by atoms with van der Waals surface area (Å²) in [5.74, 6) is 0.527. The molecule has 5 nitrogen and oxygen atoms in total. The molecule has 0 saturated heterocycles. The first-order chi connectivity index (χ1) is 22.2. The molecular weight excluding hydrogens is 648 g/mol. The van der Waals surface area contributed by atoms with E-state index in [2.05, 4.69) is 29.2 Å². The number of carbonyl (C=O) groups excluding carboxylic acids is 1. The van der Waals surface area contributed by atoms with E-state index in [9.17, 15) is 18.0 Å². The first-order valence-electron chi connectivity index (χ1n) is 14.9. The number of furan rings is 1. The number of anilines is 1. The van der Waals surface area contributed by atoms with Crippen LogP contribution in [-0.4, -0.2) is 37.6 Å². The Morgan fingerprint density at radius 3 is 2.15 bits per heavy atom. The summed E-state index contributed by atoms with van der Waals surface area (Å²) in [7, 11) is 1.66. The van der Waals surface area contributed by atoms with Crippen LogP contribution in [0.1, 0.15) is 45.1 Å². The molecule has 1 amide bonds. The van der Waals surface area contributed by atoms with Gasteiger partial charge in [0.05, 0.1) is 23.5 Å². The van der Waals surface area contributed by atoms with Crippen molar-refractivity contribution < 1.29 is 27.1 Å². The number of rotatable bonds is 13. The molecule has 246 valence electrons. The molecule has 0 spiro atoms. The fourth-order valence-corrected chi connectivity index (χ4v) is 5.66. The minimum Gasteiger partial charge on any atom is -0.493 e. The molecule has 5 rings (SSSR count). The van der Waals surface area contributed by atoms with Crippen LogP contribution in [0.15, 0.2) is 126 Å². The van der Waals surface area contributed by atoms with Gasteiger partial charge >= 0.3 is 6.18 Å². The van der Waals surface area contributed by atoms with Crippen LogP contribution in [0.5, 0.6) is 5.75 Å². The summed E-state index contributed by atoms with van der Waals surface area (Å²) in [6, 6.07) is 34.7. The van der Waals surface area contributed by atoms with Gasteiger partial charge in [-0.05, 0) is 53.4 Å². The third kappa shape index (κ3) is 9.41. The van der Waals surface area contributed by atoms with Crippen LogP contribution < -0.4 is 9.64 Å². The molecule has 5 aromatic rings.